The number of benzene rings is 1. The quantitative estimate of drug-likeness (QED) is 0.676. The van der Waals surface area contributed by atoms with Crippen molar-refractivity contribution in [3.63, 3.8) is 0 Å². The van der Waals surface area contributed by atoms with E-state index in [-0.39, 0.29) is 0 Å². The minimum absolute atomic E-state index is 0.601. The highest BCUT2D eigenvalue weighted by Gasteiger charge is 2.16. The molecule has 1 N–H and O–H groups in total. The summed E-state index contributed by atoms with van der Waals surface area (Å²) in [5, 5.41) is 3.43. The monoisotopic (exact) mass is 339 g/mol. The zero-order valence-corrected chi connectivity index (χ0v) is 13.7. The van der Waals surface area contributed by atoms with Crippen LogP contribution < -0.4 is 5.32 Å². The van der Waals surface area contributed by atoms with Crippen LogP contribution in [0, 0.1) is 5.92 Å². The van der Waals surface area contributed by atoms with Crippen molar-refractivity contribution < 1.29 is 4.74 Å². The Morgan fingerprint density at radius 2 is 2.30 bits per heavy atom. The van der Waals surface area contributed by atoms with Gasteiger partial charge in [-0.2, -0.15) is 0 Å². The summed E-state index contributed by atoms with van der Waals surface area (Å²) in [4.78, 5) is 6.48. The van der Waals surface area contributed by atoms with Gasteiger partial charge in [0.15, 0.2) is 5.96 Å². The minimum atomic E-state index is 0.601. The summed E-state index contributed by atoms with van der Waals surface area (Å²) in [6.07, 6.45) is 1.14. The van der Waals surface area contributed by atoms with Crippen LogP contribution in [-0.4, -0.2) is 44.7 Å². The Hall–Kier alpha value is -1.07. The molecule has 0 spiro atoms. The number of halogens is 1. The molecule has 0 amide bonds. The minimum Gasteiger partial charge on any atom is -0.381 e. The van der Waals surface area contributed by atoms with Crippen molar-refractivity contribution in [1.82, 2.24) is 10.2 Å². The smallest absolute Gasteiger partial charge is 0.193 e. The average Bonchev–Trinajstić information content (AvgIpc) is 2.95. The first kappa shape index (κ1) is 15.3. The predicted molar refractivity (Wildman–Crippen MR) is 85.9 cm³/mol. The van der Waals surface area contributed by atoms with Gasteiger partial charge < -0.3 is 15.0 Å². The molecular weight excluding hydrogens is 318 g/mol. The molecule has 0 bridgehead atoms. The Balaban J connectivity index is 1.88. The number of hydrogen-bond acceptors (Lipinski definition) is 2. The molecule has 20 heavy (non-hydrogen) atoms. The van der Waals surface area contributed by atoms with Crippen LogP contribution in [0.2, 0.25) is 0 Å². The van der Waals surface area contributed by atoms with Crippen LogP contribution in [0.15, 0.2) is 33.7 Å². The van der Waals surface area contributed by atoms with E-state index in [4.69, 9.17) is 4.74 Å². The molecule has 0 aliphatic carbocycles. The van der Waals surface area contributed by atoms with Crippen LogP contribution in [0.4, 0.5) is 0 Å². The predicted octanol–water partition coefficient (Wildman–Crippen LogP) is 2.49. The highest BCUT2D eigenvalue weighted by atomic mass is 79.9. The van der Waals surface area contributed by atoms with Gasteiger partial charge in [-0.3, -0.25) is 4.99 Å². The lowest BCUT2D eigenvalue weighted by Crippen LogP contribution is -2.40. The maximum atomic E-state index is 5.40. The van der Waals surface area contributed by atoms with Crippen LogP contribution in [0.1, 0.15) is 12.0 Å². The van der Waals surface area contributed by atoms with Gasteiger partial charge in [-0.15, -0.1) is 0 Å². The summed E-state index contributed by atoms with van der Waals surface area (Å²) in [5.74, 6) is 1.52. The van der Waals surface area contributed by atoms with E-state index in [0.717, 1.165) is 43.2 Å². The molecule has 1 aromatic rings. The molecule has 2 rings (SSSR count). The lowest BCUT2D eigenvalue weighted by atomic mass is 10.1. The topological polar surface area (TPSA) is 36.9 Å². The van der Waals surface area contributed by atoms with Crippen molar-refractivity contribution >= 4 is 21.9 Å². The molecule has 1 heterocycles. The Kier molecular flexibility index (Phi) is 5.86. The summed E-state index contributed by atoms with van der Waals surface area (Å²) in [6, 6.07) is 8.27. The molecule has 110 valence electrons. The van der Waals surface area contributed by atoms with Gasteiger partial charge in [-0.05, 0) is 18.1 Å². The van der Waals surface area contributed by atoms with Crippen molar-refractivity contribution in [2.75, 3.05) is 33.9 Å². The van der Waals surface area contributed by atoms with Crippen molar-refractivity contribution in [2.45, 2.75) is 13.0 Å². The molecule has 0 radical (unpaired) electrons. The molecule has 1 aromatic carbocycles. The number of nitrogens with one attached hydrogen (secondary N) is 1. The Labute approximate surface area is 129 Å². The van der Waals surface area contributed by atoms with Crippen LogP contribution >= 0.6 is 15.9 Å². The molecule has 1 fully saturated rings. The van der Waals surface area contributed by atoms with Gasteiger partial charge in [0, 0.05) is 44.2 Å². The Morgan fingerprint density at radius 3 is 2.95 bits per heavy atom. The van der Waals surface area contributed by atoms with Gasteiger partial charge in [0.1, 0.15) is 0 Å². The van der Waals surface area contributed by atoms with E-state index >= 15 is 0 Å². The third-order valence-electron chi connectivity index (χ3n) is 3.51. The van der Waals surface area contributed by atoms with E-state index in [1.807, 2.05) is 13.1 Å². The first-order valence-electron chi connectivity index (χ1n) is 6.93. The molecule has 1 aliphatic heterocycles. The second-order valence-corrected chi connectivity index (χ2v) is 5.96. The van der Waals surface area contributed by atoms with E-state index in [2.05, 4.69) is 56.4 Å². The lowest BCUT2D eigenvalue weighted by Gasteiger charge is -2.23. The summed E-state index contributed by atoms with van der Waals surface area (Å²) >= 11 is 3.59. The van der Waals surface area contributed by atoms with Gasteiger partial charge in [-0.1, -0.05) is 34.1 Å². The zero-order valence-electron chi connectivity index (χ0n) is 12.1. The van der Waals surface area contributed by atoms with Crippen molar-refractivity contribution in [1.29, 1.82) is 0 Å². The number of nitrogens with zero attached hydrogens (tertiary/aromatic N) is 2. The van der Waals surface area contributed by atoms with Gasteiger partial charge in [0.25, 0.3) is 0 Å². The maximum Gasteiger partial charge on any atom is 0.193 e. The second kappa shape index (κ2) is 7.64. The van der Waals surface area contributed by atoms with Gasteiger partial charge in [0.2, 0.25) is 0 Å². The molecule has 4 nitrogen and oxygen atoms in total. The number of rotatable bonds is 4. The van der Waals surface area contributed by atoms with Crippen LogP contribution in [0.5, 0.6) is 0 Å². The van der Waals surface area contributed by atoms with E-state index in [9.17, 15) is 0 Å². The SMILES string of the molecule is CN=C(NCC1CCOC1)N(C)Cc1ccccc1Br. The number of ether oxygens (including phenoxy) is 1. The molecule has 0 aromatic heterocycles. The standard InChI is InChI=1S/C15H22BrN3O/c1-17-15(18-9-12-7-8-20-11-12)19(2)10-13-5-3-4-6-14(13)16/h3-6,12H,7-11H2,1-2H3,(H,17,18). The zero-order chi connectivity index (χ0) is 14.4. The van der Waals surface area contributed by atoms with Gasteiger partial charge in [0.05, 0.1) is 6.61 Å². The average molecular weight is 340 g/mol. The molecule has 1 atom stereocenters. The molecular formula is C15H22BrN3O. The number of guanidine groups is 1. The number of aliphatic imine (C=N–C) groups is 1. The van der Waals surface area contributed by atoms with E-state index in [1.54, 1.807) is 0 Å². The third kappa shape index (κ3) is 4.21. The fourth-order valence-corrected chi connectivity index (χ4v) is 2.73. The molecule has 1 saturated heterocycles. The van der Waals surface area contributed by atoms with Gasteiger partial charge >= 0.3 is 0 Å². The summed E-state index contributed by atoms with van der Waals surface area (Å²) in [5.41, 5.74) is 1.25. The highest BCUT2D eigenvalue weighted by Crippen LogP contribution is 2.17. The normalized spacial score (nSPS) is 19.1. The van der Waals surface area contributed by atoms with E-state index in [1.165, 1.54) is 5.56 Å². The Bertz CT molecular complexity index is 458. The third-order valence-corrected chi connectivity index (χ3v) is 4.29. The van der Waals surface area contributed by atoms with Crippen molar-refractivity contribution in [3.8, 4) is 0 Å². The molecule has 5 heteroatoms. The second-order valence-electron chi connectivity index (χ2n) is 5.11. The maximum absolute atomic E-state index is 5.40. The molecule has 1 aliphatic rings. The van der Waals surface area contributed by atoms with Gasteiger partial charge in [-0.25, -0.2) is 0 Å². The first-order valence-corrected chi connectivity index (χ1v) is 7.73. The largest absolute Gasteiger partial charge is 0.381 e. The molecule has 1 unspecified atom stereocenters. The Morgan fingerprint density at radius 1 is 1.50 bits per heavy atom. The van der Waals surface area contributed by atoms with E-state index < -0.39 is 0 Å². The van der Waals surface area contributed by atoms with Crippen LogP contribution in [0.3, 0.4) is 0 Å². The van der Waals surface area contributed by atoms with Crippen LogP contribution in [-0.2, 0) is 11.3 Å². The highest BCUT2D eigenvalue weighted by molar-refractivity contribution is 9.10. The first-order chi connectivity index (χ1) is 9.70. The van der Waals surface area contributed by atoms with Crippen LogP contribution in [0.25, 0.3) is 0 Å². The summed E-state index contributed by atoms with van der Waals surface area (Å²) in [6.45, 7) is 3.49. The summed E-state index contributed by atoms with van der Waals surface area (Å²) in [7, 11) is 3.88. The summed E-state index contributed by atoms with van der Waals surface area (Å²) < 4.78 is 6.53. The molecule has 0 saturated carbocycles. The van der Waals surface area contributed by atoms with Crippen molar-refractivity contribution in [3.05, 3.63) is 34.3 Å². The fourth-order valence-electron chi connectivity index (χ4n) is 2.32. The fraction of sp³-hybridized carbons (Fsp3) is 0.533. The van der Waals surface area contributed by atoms with E-state index in [0.29, 0.717) is 5.92 Å². The van der Waals surface area contributed by atoms with Crippen molar-refractivity contribution in [2.24, 2.45) is 10.9 Å². The lowest BCUT2D eigenvalue weighted by molar-refractivity contribution is 0.186. The number of hydrogen-bond donors (Lipinski definition) is 1.